The first kappa shape index (κ1) is 11.9. The number of nitrogens with two attached hydrogens (primary N) is 1. The van der Waals surface area contributed by atoms with Crippen LogP contribution in [0.4, 0.5) is 0 Å². The minimum Gasteiger partial charge on any atom is -0.508 e. The zero-order chi connectivity index (χ0) is 13.1. The molecular weight excluding hydrogens is 232 g/mol. The van der Waals surface area contributed by atoms with Gasteiger partial charge in [0.25, 0.3) is 0 Å². The van der Waals surface area contributed by atoms with Crippen LogP contribution in [0, 0.1) is 6.92 Å². The Morgan fingerprint density at radius 3 is 2.67 bits per heavy atom. The summed E-state index contributed by atoms with van der Waals surface area (Å²) >= 11 is 0. The molecule has 0 aliphatic heterocycles. The predicted octanol–water partition coefficient (Wildman–Crippen LogP) is 1.99. The van der Waals surface area contributed by atoms with Crippen LogP contribution >= 0.6 is 0 Å². The first-order valence-corrected chi connectivity index (χ1v) is 5.29. The van der Waals surface area contributed by atoms with Crippen LogP contribution < -0.4 is 10.5 Å². The van der Waals surface area contributed by atoms with Crippen molar-refractivity contribution in [3.8, 4) is 17.4 Å². The fourth-order valence-electron chi connectivity index (χ4n) is 1.49. The number of hydrogen-bond donors (Lipinski definition) is 2. The smallest absolute Gasteiger partial charge is 0.250 e. The van der Waals surface area contributed by atoms with Crippen LogP contribution in [0.2, 0.25) is 0 Å². The monoisotopic (exact) mass is 244 g/mol. The third-order valence-corrected chi connectivity index (χ3v) is 2.28. The summed E-state index contributed by atoms with van der Waals surface area (Å²) < 4.78 is 5.45. The van der Waals surface area contributed by atoms with Gasteiger partial charge in [0.1, 0.15) is 11.5 Å². The van der Waals surface area contributed by atoms with Gasteiger partial charge in [0.15, 0.2) is 0 Å². The molecule has 1 heterocycles. The van der Waals surface area contributed by atoms with Crippen LogP contribution in [0.3, 0.4) is 0 Å². The van der Waals surface area contributed by atoms with Crippen LogP contribution in [0.1, 0.15) is 15.9 Å². The summed E-state index contributed by atoms with van der Waals surface area (Å²) in [5.74, 6) is 0.387. The Kier molecular flexibility index (Phi) is 3.14. The van der Waals surface area contributed by atoms with Gasteiger partial charge in [0.05, 0.1) is 5.56 Å². The molecule has 0 saturated heterocycles. The van der Waals surface area contributed by atoms with Gasteiger partial charge < -0.3 is 15.6 Å². The Labute approximate surface area is 104 Å². The largest absolute Gasteiger partial charge is 0.508 e. The maximum absolute atomic E-state index is 10.9. The summed E-state index contributed by atoms with van der Waals surface area (Å²) in [5, 5.41) is 9.43. The molecule has 0 aliphatic carbocycles. The van der Waals surface area contributed by atoms with Crippen molar-refractivity contribution < 1.29 is 14.6 Å². The van der Waals surface area contributed by atoms with Crippen LogP contribution in [0.25, 0.3) is 0 Å². The number of aromatic nitrogens is 1. The number of amides is 1. The number of rotatable bonds is 3. The molecule has 1 amide bonds. The molecule has 1 aromatic carbocycles. The van der Waals surface area contributed by atoms with Gasteiger partial charge in [-0.25, -0.2) is 4.98 Å². The Balaban J connectivity index is 2.20. The first-order chi connectivity index (χ1) is 8.54. The van der Waals surface area contributed by atoms with E-state index in [0.717, 1.165) is 5.56 Å². The van der Waals surface area contributed by atoms with Gasteiger partial charge in [-0.15, -0.1) is 0 Å². The lowest BCUT2D eigenvalue weighted by atomic mass is 10.2. The molecule has 92 valence electrons. The molecule has 5 heteroatoms. The van der Waals surface area contributed by atoms with E-state index in [1.54, 1.807) is 18.2 Å². The summed E-state index contributed by atoms with van der Waals surface area (Å²) in [6, 6.07) is 7.94. The summed E-state index contributed by atoms with van der Waals surface area (Å²) in [6.07, 6.45) is 1.34. The van der Waals surface area contributed by atoms with Crippen LogP contribution in [0.15, 0.2) is 36.5 Å². The fraction of sp³-hybridized carbons (Fsp3) is 0.0769. The number of aromatic hydroxyl groups is 1. The number of ether oxygens (including phenoxy) is 1. The lowest BCUT2D eigenvalue weighted by molar-refractivity contribution is 0.1000. The molecule has 0 spiro atoms. The number of nitrogens with zero attached hydrogens (tertiary/aromatic N) is 1. The van der Waals surface area contributed by atoms with Crippen molar-refractivity contribution >= 4 is 5.91 Å². The highest BCUT2D eigenvalue weighted by atomic mass is 16.5. The Hall–Kier alpha value is -2.56. The standard InChI is InChI=1S/C13H12N2O3/c1-8-4-10(16)6-11(5-8)18-12-3-2-9(7-15-12)13(14)17/h2-7,16H,1H3,(H2,14,17). The maximum atomic E-state index is 10.9. The lowest BCUT2D eigenvalue weighted by Crippen LogP contribution is -2.10. The summed E-state index contributed by atoms with van der Waals surface area (Å²) in [4.78, 5) is 14.8. The van der Waals surface area contributed by atoms with E-state index in [1.165, 1.54) is 18.3 Å². The van der Waals surface area contributed by atoms with Crippen LogP contribution in [-0.4, -0.2) is 16.0 Å². The molecule has 0 saturated carbocycles. The van der Waals surface area contributed by atoms with Crippen molar-refractivity contribution in [3.05, 3.63) is 47.7 Å². The second-order valence-electron chi connectivity index (χ2n) is 3.86. The number of carbonyl (C=O) groups excluding carboxylic acids is 1. The van der Waals surface area contributed by atoms with E-state index >= 15 is 0 Å². The van der Waals surface area contributed by atoms with E-state index in [4.69, 9.17) is 10.5 Å². The highest BCUT2D eigenvalue weighted by Crippen LogP contribution is 2.25. The molecule has 18 heavy (non-hydrogen) atoms. The highest BCUT2D eigenvalue weighted by molar-refractivity contribution is 5.92. The lowest BCUT2D eigenvalue weighted by Gasteiger charge is -2.06. The molecule has 0 fully saturated rings. The van der Waals surface area contributed by atoms with Gasteiger partial charge in [-0.3, -0.25) is 4.79 Å². The molecule has 0 unspecified atom stereocenters. The molecule has 3 N–H and O–H groups in total. The number of benzene rings is 1. The quantitative estimate of drug-likeness (QED) is 0.864. The van der Waals surface area contributed by atoms with Gasteiger partial charge in [-0.2, -0.15) is 0 Å². The molecule has 2 rings (SSSR count). The van der Waals surface area contributed by atoms with Crippen molar-refractivity contribution in [2.24, 2.45) is 5.73 Å². The summed E-state index contributed by atoms with van der Waals surface area (Å²) in [6.45, 7) is 1.84. The third kappa shape index (κ3) is 2.76. The Morgan fingerprint density at radius 2 is 2.11 bits per heavy atom. The van der Waals surface area contributed by atoms with Gasteiger partial charge in [0.2, 0.25) is 11.8 Å². The zero-order valence-electron chi connectivity index (χ0n) is 9.75. The van der Waals surface area contributed by atoms with Crippen molar-refractivity contribution in [2.75, 3.05) is 0 Å². The van der Waals surface area contributed by atoms with Gasteiger partial charge >= 0.3 is 0 Å². The van der Waals surface area contributed by atoms with E-state index in [0.29, 0.717) is 17.2 Å². The number of primary amides is 1. The minimum absolute atomic E-state index is 0.124. The molecule has 0 radical (unpaired) electrons. The number of pyridine rings is 1. The summed E-state index contributed by atoms with van der Waals surface area (Å²) in [7, 11) is 0. The second-order valence-corrected chi connectivity index (χ2v) is 3.86. The maximum Gasteiger partial charge on any atom is 0.250 e. The molecule has 1 aromatic heterocycles. The van der Waals surface area contributed by atoms with E-state index in [1.807, 2.05) is 6.92 Å². The fourth-order valence-corrected chi connectivity index (χ4v) is 1.49. The number of hydrogen-bond acceptors (Lipinski definition) is 4. The van der Waals surface area contributed by atoms with Crippen molar-refractivity contribution in [2.45, 2.75) is 6.92 Å². The third-order valence-electron chi connectivity index (χ3n) is 2.28. The zero-order valence-corrected chi connectivity index (χ0v) is 9.75. The predicted molar refractivity (Wildman–Crippen MR) is 65.7 cm³/mol. The topological polar surface area (TPSA) is 85.4 Å². The van der Waals surface area contributed by atoms with E-state index in [2.05, 4.69) is 4.98 Å². The van der Waals surface area contributed by atoms with Gasteiger partial charge in [0, 0.05) is 18.3 Å². The average molecular weight is 244 g/mol. The summed E-state index contributed by atoms with van der Waals surface area (Å²) in [5.41, 5.74) is 6.29. The van der Waals surface area contributed by atoms with E-state index < -0.39 is 5.91 Å². The van der Waals surface area contributed by atoms with Gasteiger partial charge in [-0.05, 0) is 30.7 Å². The van der Waals surface area contributed by atoms with Crippen molar-refractivity contribution in [1.29, 1.82) is 0 Å². The first-order valence-electron chi connectivity index (χ1n) is 5.29. The van der Waals surface area contributed by atoms with E-state index in [-0.39, 0.29) is 5.75 Å². The minimum atomic E-state index is -0.540. The molecule has 0 bridgehead atoms. The number of carbonyl (C=O) groups is 1. The Bertz CT molecular complexity index is 559. The SMILES string of the molecule is Cc1cc(O)cc(Oc2ccc(C(N)=O)cn2)c1. The molecule has 0 aliphatic rings. The average Bonchev–Trinajstić information content (AvgIpc) is 2.28. The highest BCUT2D eigenvalue weighted by Gasteiger charge is 2.04. The molecule has 2 aromatic rings. The van der Waals surface area contributed by atoms with Crippen molar-refractivity contribution in [1.82, 2.24) is 4.98 Å². The number of phenolic OH excluding ortho intramolecular Hbond substituents is 1. The van der Waals surface area contributed by atoms with Gasteiger partial charge in [-0.1, -0.05) is 0 Å². The molecule has 0 atom stereocenters. The number of phenols is 1. The van der Waals surface area contributed by atoms with Crippen molar-refractivity contribution in [3.63, 3.8) is 0 Å². The van der Waals surface area contributed by atoms with E-state index in [9.17, 15) is 9.90 Å². The van der Waals surface area contributed by atoms with Crippen LogP contribution in [-0.2, 0) is 0 Å². The van der Waals surface area contributed by atoms with Crippen LogP contribution in [0.5, 0.6) is 17.4 Å². The number of aryl methyl sites for hydroxylation is 1. The normalized spacial score (nSPS) is 10.1. The molecular formula is C13H12N2O3. The molecule has 5 nitrogen and oxygen atoms in total. The Morgan fingerprint density at radius 1 is 1.33 bits per heavy atom. The second kappa shape index (κ2) is 4.75.